The van der Waals surface area contributed by atoms with Crippen LogP contribution < -0.4 is 10.5 Å². The number of aliphatic carboxylic acids is 1. The van der Waals surface area contributed by atoms with E-state index in [9.17, 15) is 18.0 Å². The number of carbonyl (C=O) groups excluding carboxylic acids is 1. The maximum absolute atomic E-state index is 12.3. The van der Waals surface area contributed by atoms with Crippen LogP contribution in [-0.4, -0.2) is 42.3 Å². The van der Waals surface area contributed by atoms with E-state index in [-0.39, 0.29) is 23.5 Å². The number of rotatable bonds is 5. The van der Waals surface area contributed by atoms with Gasteiger partial charge in [-0.3, -0.25) is 14.3 Å². The average molecular weight is 333 g/mol. The molecule has 1 saturated heterocycles. The number of anilines is 1. The van der Waals surface area contributed by atoms with Gasteiger partial charge in [-0.1, -0.05) is 0 Å². The lowest BCUT2D eigenvalue weighted by Gasteiger charge is -2.31. The van der Waals surface area contributed by atoms with Crippen molar-refractivity contribution in [3.63, 3.8) is 0 Å². The van der Waals surface area contributed by atoms with Gasteiger partial charge in [0.1, 0.15) is 11.0 Å². The summed E-state index contributed by atoms with van der Waals surface area (Å²) in [6, 6.07) is 0.323. The molecule has 4 N–H and O–H groups in total. The van der Waals surface area contributed by atoms with E-state index in [1.807, 2.05) is 0 Å². The van der Waals surface area contributed by atoms with Crippen LogP contribution >= 0.6 is 11.3 Å². The van der Waals surface area contributed by atoms with Crippen molar-refractivity contribution < 1.29 is 23.1 Å². The fourth-order valence-electron chi connectivity index (χ4n) is 2.20. The van der Waals surface area contributed by atoms with Crippen molar-refractivity contribution in [1.29, 1.82) is 0 Å². The zero-order valence-electron chi connectivity index (χ0n) is 11.0. The number of thiophene rings is 1. The summed E-state index contributed by atoms with van der Waals surface area (Å²) in [6.45, 7) is 0.129. The summed E-state index contributed by atoms with van der Waals surface area (Å²) in [5.74, 6) is -1.93. The molecule has 1 amide bonds. The van der Waals surface area contributed by atoms with Gasteiger partial charge in [-0.05, 0) is 30.7 Å². The number of nitrogens with zero attached hydrogens (tertiary/aromatic N) is 1. The molecular formula is C11H15N3O5S2. The molecule has 1 aromatic heterocycles. The molecule has 1 aliphatic heterocycles. The second-order valence-electron chi connectivity index (χ2n) is 4.60. The van der Waals surface area contributed by atoms with Crippen LogP contribution in [0.1, 0.15) is 29.6 Å². The molecule has 1 aliphatic rings. The Kier molecular flexibility index (Phi) is 4.49. The number of hydrogen-bond acceptors (Lipinski definition) is 5. The van der Waals surface area contributed by atoms with Crippen LogP contribution in [-0.2, 0) is 15.0 Å². The third kappa shape index (κ3) is 3.34. The molecular weight excluding hydrogens is 318 g/mol. The number of nitrogens with one attached hydrogen (secondary N) is 1. The topological polar surface area (TPSA) is 130 Å². The van der Waals surface area contributed by atoms with Gasteiger partial charge in [-0.2, -0.15) is 12.7 Å². The Balaban J connectivity index is 2.26. The molecule has 0 aromatic carbocycles. The molecule has 116 valence electrons. The van der Waals surface area contributed by atoms with Crippen LogP contribution in [0.5, 0.6) is 0 Å². The van der Waals surface area contributed by atoms with Gasteiger partial charge in [0.2, 0.25) is 0 Å². The summed E-state index contributed by atoms with van der Waals surface area (Å²) >= 11 is 1.01. The van der Waals surface area contributed by atoms with Gasteiger partial charge >= 0.3 is 16.2 Å². The largest absolute Gasteiger partial charge is 0.480 e. The first-order valence-corrected chi connectivity index (χ1v) is 8.54. The standard InChI is InChI=1S/C11H15N3O5S2/c12-9(15)7-4-6-20-10(7)13-21(18,19)14-5-2-1-3-8(14)11(16)17/h4,6,8,13H,1-3,5H2,(H2,12,15)(H,16,17). The van der Waals surface area contributed by atoms with E-state index in [2.05, 4.69) is 4.72 Å². The first-order valence-electron chi connectivity index (χ1n) is 6.22. The van der Waals surface area contributed by atoms with Gasteiger partial charge in [0, 0.05) is 6.54 Å². The summed E-state index contributed by atoms with van der Waals surface area (Å²) < 4.78 is 27.9. The molecule has 10 heteroatoms. The minimum atomic E-state index is -4.05. The average Bonchev–Trinajstić information content (AvgIpc) is 2.86. The summed E-state index contributed by atoms with van der Waals surface area (Å²) in [7, 11) is -4.05. The van der Waals surface area contributed by atoms with E-state index < -0.39 is 28.1 Å². The lowest BCUT2D eigenvalue weighted by atomic mass is 10.1. The third-order valence-electron chi connectivity index (χ3n) is 3.20. The summed E-state index contributed by atoms with van der Waals surface area (Å²) in [6.07, 6.45) is 1.52. The van der Waals surface area contributed by atoms with Gasteiger partial charge in [0.25, 0.3) is 5.91 Å². The van der Waals surface area contributed by atoms with Crippen molar-refractivity contribution in [2.45, 2.75) is 25.3 Å². The zero-order chi connectivity index (χ0) is 15.6. The summed E-state index contributed by atoms with van der Waals surface area (Å²) in [5.41, 5.74) is 5.22. The van der Waals surface area contributed by atoms with Crippen molar-refractivity contribution in [3.05, 3.63) is 17.0 Å². The Morgan fingerprint density at radius 1 is 1.43 bits per heavy atom. The predicted octanol–water partition coefficient (Wildman–Crippen LogP) is 0.443. The highest BCUT2D eigenvalue weighted by atomic mass is 32.2. The van der Waals surface area contributed by atoms with E-state index >= 15 is 0 Å². The number of carbonyl (C=O) groups is 2. The molecule has 0 spiro atoms. The highest BCUT2D eigenvalue weighted by Gasteiger charge is 2.37. The molecule has 2 rings (SSSR count). The predicted molar refractivity (Wildman–Crippen MR) is 77.4 cm³/mol. The van der Waals surface area contributed by atoms with Crippen molar-refractivity contribution in [2.24, 2.45) is 5.73 Å². The van der Waals surface area contributed by atoms with Gasteiger partial charge in [0.15, 0.2) is 0 Å². The van der Waals surface area contributed by atoms with Crippen molar-refractivity contribution in [1.82, 2.24) is 4.31 Å². The van der Waals surface area contributed by atoms with Crippen LogP contribution in [0, 0.1) is 0 Å². The van der Waals surface area contributed by atoms with E-state index in [0.29, 0.717) is 12.8 Å². The number of hydrogen-bond donors (Lipinski definition) is 3. The minimum absolute atomic E-state index is 0.0625. The monoisotopic (exact) mass is 333 g/mol. The molecule has 21 heavy (non-hydrogen) atoms. The van der Waals surface area contributed by atoms with Gasteiger partial charge in [-0.25, -0.2) is 0 Å². The molecule has 8 nitrogen and oxygen atoms in total. The number of piperidine rings is 1. The molecule has 2 heterocycles. The lowest BCUT2D eigenvalue weighted by molar-refractivity contribution is -0.142. The molecule has 0 bridgehead atoms. The molecule has 1 unspecified atom stereocenters. The molecule has 1 fully saturated rings. The third-order valence-corrected chi connectivity index (χ3v) is 5.68. The lowest BCUT2D eigenvalue weighted by Crippen LogP contribution is -2.50. The van der Waals surface area contributed by atoms with E-state index in [1.165, 1.54) is 11.4 Å². The Labute approximate surface area is 125 Å². The highest BCUT2D eigenvalue weighted by Crippen LogP contribution is 2.27. The Hall–Kier alpha value is -1.65. The van der Waals surface area contributed by atoms with Crippen LogP contribution in [0.15, 0.2) is 11.4 Å². The maximum atomic E-state index is 12.3. The zero-order valence-corrected chi connectivity index (χ0v) is 12.6. The minimum Gasteiger partial charge on any atom is -0.480 e. The first-order chi connectivity index (χ1) is 9.83. The molecule has 1 aromatic rings. The van der Waals surface area contributed by atoms with Crippen molar-refractivity contribution in [2.75, 3.05) is 11.3 Å². The second kappa shape index (κ2) is 6.00. The number of amides is 1. The number of primary amides is 1. The highest BCUT2D eigenvalue weighted by molar-refractivity contribution is 7.90. The first kappa shape index (κ1) is 15.7. The van der Waals surface area contributed by atoms with E-state index in [0.717, 1.165) is 15.6 Å². The Morgan fingerprint density at radius 2 is 2.14 bits per heavy atom. The van der Waals surface area contributed by atoms with E-state index in [4.69, 9.17) is 10.8 Å². The molecule has 0 radical (unpaired) electrons. The van der Waals surface area contributed by atoms with Crippen LogP contribution in [0.25, 0.3) is 0 Å². The fourth-order valence-corrected chi connectivity index (χ4v) is 4.70. The molecule has 0 saturated carbocycles. The SMILES string of the molecule is NC(=O)c1ccsc1NS(=O)(=O)N1CCCCC1C(=O)O. The summed E-state index contributed by atoms with van der Waals surface area (Å²) in [4.78, 5) is 22.4. The normalized spacial score (nSPS) is 20.1. The van der Waals surface area contributed by atoms with Gasteiger partial charge in [-0.15, -0.1) is 11.3 Å². The Morgan fingerprint density at radius 3 is 2.76 bits per heavy atom. The van der Waals surface area contributed by atoms with E-state index in [1.54, 1.807) is 0 Å². The molecule has 0 aliphatic carbocycles. The number of carboxylic acids is 1. The van der Waals surface area contributed by atoms with Crippen LogP contribution in [0.4, 0.5) is 5.00 Å². The van der Waals surface area contributed by atoms with Gasteiger partial charge in [0.05, 0.1) is 5.56 Å². The van der Waals surface area contributed by atoms with Crippen LogP contribution in [0.3, 0.4) is 0 Å². The maximum Gasteiger partial charge on any atom is 0.322 e. The second-order valence-corrected chi connectivity index (χ2v) is 7.13. The summed E-state index contributed by atoms with van der Waals surface area (Å²) in [5, 5.41) is 10.8. The Bertz CT molecular complexity index is 655. The van der Waals surface area contributed by atoms with Crippen LogP contribution in [0.2, 0.25) is 0 Å². The number of nitrogens with two attached hydrogens (primary N) is 1. The molecule has 1 atom stereocenters. The van der Waals surface area contributed by atoms with Gasteiger partial charge < -0.3 is 10.8 Å². The fraction of sp³-hybridized carbons (Fsp3) is 0.455. The smallest absolute Gasteiger partial charge is 0.322 e. The number of carboxylic acid groups (broad SMARTS) is 1. The van der Waals surface area contributed by atoms with Crippen molar-refractivity contribution in [3.8, 4) is 0 Å². The van der Waals surface area contributed by atoms with Crippen molar-refractivity contribution >= 4 is 38.4 Å². The quantitative estimate of drug-likeness (QED) is 0.720.